The predicted octanol–water partition coefficient (Wildman–Crippen LogP) is 11.7. The van der Waals surface area contributed by atoms with Gasteiger partial charge in [0.2, 0.25) is 5.95 Å². The summed E-state index contributed by atoms with van der Waals surface area (Å²) in [7, 11) is 0. The van der Waals surface area contributed by atoms with Crippen molar-refractivity contribution in [2.24, 2.45) is 0 Å². The Morgan fingerprint density at radius 3 is 1.68 bits per heavy atom. The molecule has 0 fully saturated rings. The Hall–Kier alpha value is -6.96. The van der Waals surface area contributed by atoms with Gasteiger partial charge in [-0.1, -0.05) is 140 Å². The molecule has 4 heterocycles. The molecule has 0 atom stereocenters. The first kappa shape index (κ1) is 29.7. The van der Waals surface area contributed by atoms with Crippen LogP contribution < -0.4 is 0 Å². The average molecular weight is 697 g/mol. The molecule has 0 amide bonds. The largest absolute Gasteiger partial charge is 0.292 e. The van der Waals surface area contributed by atoms with Gasteiger partial charge in [-0.2, -0.15) is 9.97 Å². The van der Waals surface area contributed by atoms with Gasteiger partial charge >= 0.3 is 0 Å². The molecule has 0 aliphatic carbocycles. The Labute approximate surface area is 307 Å². The van der Waals surface area contributed by atoms with Gasteiger partial charge in [0.25, 0.3) is 0 Å². The number of aromatic nitrogens is 6. The van der Waals surface area contributed by atoms with Crippen LogP contribution in [0.25, 0.3) is 98.8 Å². The molecule has 0 saturated carbocycles. The molecule has 0 unspecified atom stereocenters. The number of fused-ring (bicyclic) bond motifs is 8. The molecule has 11 rings (SSSR count). The standard InChI is InChI=1S/C46H28N6S/c1-5-15-29(16-6-1)43-48-44(30-17-7-2-8-18-30)50-46(49-43)52-38-28-39-37(47-45(31-19-9-3-10-20-31)51(39)32-21-11-4-12-22-32)27-36(38)34-25-26-35-33-23-13-14-24-40(33)53-42(35)41(34)52/h1-28H. The summed E-state index contributed by atoms with van der Waals surface area (Å²) in [6, 6.07) is 58.9. The van der Waals surface area contributed by atoms with E-state index >= 15 is 0 Å². The smallest absolute Gasteiger partial charge is 0.238 e. The predicted molar refractivity (Wildman–Crippen MR) is 218 cm³/mol. The first-order valence-corrected chi connectivity index (χ1v) is 18.4. The molecule has 0 bridgehead atoms. The molecule has 0 saturated heterocycles. The molecule has 0 aliphatic rings. The quantitative estimate of drug-likeness (QED) is 0.180. The Balaban J connectivity index is 1.31. The van der Waals surface area contributed by atoms with E-state index < -0.39 is 0 Å². The van der Waals surface area contributed by atoms with Crippen LogP contribution in [0.2, 0.25) is 0 Å². The van der Waals surface area contributed by atoms with Crippen molar-refractivity contribution in [3.05, 3.63) is 170 Å². The Kier molecular flexibility index (Phi) is 6.62. The lowest BCUT2D eigenvalue weighted by Crippen LogP contribution is -2.06. The molecule has 0 N–H and O–H groups in total. The van der Waals surface area contributed by atoms with E-state index in [0.717, 1.165) is 61.0 Å². The molecule has 0 radical (unpaired) electrons. The van der Waals surface area contributed by atoms with Gasteiger partial charge in [-0.3, -0.25) is 9.13 Å². The average Bonchev–Trinajstić information content (AvgIpc) is 3.90. The van der Waals surface area contributed by atoms with Crippen LogP contribution in [0.15, 0.2) is 170 Å². The monoisotopic (exact) mass is 696 g/mol. The second-order valence-corrected chi connectivity index (χ2v) is 14.2. The molecule has 4 aromatic heterocycles. The van der Waals surface area contributed by atoms with Crippen molar-refractivity contribution in [1.82, 2.24) is 29.1 Å². The molecule has 6 nitrogen and oxygen atoms in total. The highest BCUT2D eigenvalue weighted by atomic mass is 32.1. The van der Waals surface area contributed by atoms with E-state index in [2.05, 4.69) is 130 Å². The molecule has 53 heavy (non-hydrogen) atoms. The lowest BCUT2D eigenvalue weighted by Gasteiger charge is -2.12. The summed E-state index contributed by atoms with van der Waals surface area (Å²) in [5, 5.41) is 4.67. The van der Waals surface area contributed by atoms with Crippen molar-refractivity contribution in [3.63, 3.8) is 0 Å². The summed E-state index contributed by atoms with van der Waals surface area (Å²) in [6.45, 7) is 0. The zero-order valence-electron chi connectivity index (χ0n) is 28.3. The third kappa shape index (κ3) is 4.71. The molecule has 0 spiro atoms. The Bertz CT molecular complexity index is 3090. The van der Waals surface area contributed by atoms with Crippen LogP contribution in [0.3, 0.4) is 0 Å². The topological polar surface area (TPSA) is 61.4 Å². The van der Waals surface area contributed by atoms with Crippen LogP contribution in [0.1, 0.15) is 0 Å². The highest BCUT2D eigenvalue weighted by molar-refractivity contribution is 7.26. The highest BCUT2D eigenvalue weighted by Gasteiger charge is 2.24. The lowest BCUT2D eigenvalue weighted by atomic mass is 10.1. The molecular weight excluding hydrogens is 669 g/mol. The fourth-order valence-electron chi connectivity index (χ4n) is 7.57. The molecule has 7 heteroatoms. The zero-order chi connectivity index (χ0) is 34.9. The van der Waals surface area contributed by atoms with E-state index in [4.69, 9.17) is 19.9 Å². The van der Waals surface area contributed by atoms with Crippen LogP contribution in [-0.2, 0) is 0 Å². The van der Waals surface area contributed by atoms with Gasteiger partial charge in [0.05, 0.1) is 26.8 Å². The maximum absolute atomic E-state index is 5.32. The van der Waals surface area contributed by atoms with Crippen LogP contribution in [0.5, 0.6) is 0 Å². The molecular formula is C46H28N6S. The Morgan fingerprint density at radius 1 is 0.415 bits per heavy atom. The number of rotatable bonds is 5. The van der Waals surface area contributed by atoms with E-state index in [1.54, 1.807) is 0 Å². The van der Waals surface area contributed by atoms with Gasteiger partial charge in [0.15, 0.2) is 11.6 Å². The number of nitrogens with zero attached hydrogens (tertiary/aromatic N) is 6. The summed E-state index contributed by atoms with van der Waals surface area (Å²) in [6.07, 6.45) is 0. The minimum atomic E-state index is 0.566. The maximum atomic E-state index is 5.32. The highest BCUT2D eigenvalue weighted by Crippen LogP contribution is 2.44. The summed E-state index contributed by atoms with van der Waals surface area (Å²) in [5.41, 5.74) is 7.94. The zero-order valence-corrected chi connectivity index (χ0v) is 29.1. The van der Waals surface area contributed by atoms with Crippen LogP contribution in [0.4, 0.5) is 0 Å². The molecule has 248 valence electrons. The van der Waals surface area contributed by atoms with E-state index in [0.29, 0.717) is 17.6 Å². The SMILES string of the molecule is c1ccc(-c2nc(-c3ccccc3)nc(-n3c4cc5c(cc4c4ccc6c7ccccc7sc6c43)nc(-c3ccccc3)n5-c3ccccc3)n2)cc1. The van der Waals surface area contributed by atoms with Gasteiger partial charge in [-0.25, -0.2) is 9.97 Å². The van der Waals surface area contributed by atoms with E-state index in [1.165, 1.54) is 20.2 Å². The molecule has 0 aliphatic heterocycles. The maximum Gasteiger partial charge on any atom is 0.238 e. The summed E-state index contributed by atoms with van der Waals surface area (Å²) in [5.74, 6) is 2.70. The minimum Gasteiger partial charge on any atom is -0.292 e. The number of imidazole rings is 1. The van der Waals surface area contributed by atoms with Crippen molar-refractivity contribution in [3.8, 4) is 45.8 Å². The number of hydrogen-bond donors (Lipinski definition) is 0. The summed E-state index contributed by atoms with van der Waals surface area (Å²) in [4.78, 5) is 20.9. The number of thiophene rings is 1. The first-order valence-electron chi connectivity index (χ1n) is 17.6. The van der Waals surface area contributed by atoms with Gasteiger partial charge in [-0.15, -0.1) is 11.3 Å². The molecule has 11 aromatic rings. The minimum absolute atomic E-state index is 0.566. The summed E-state index contributed by atoms with van der Waals surface area (Å²) >= 11 is 1.81. The van der Waals surface area contributed by atoms with Crippen LogP contribution in [-0.4, -0.2) is 29.1 Å². The van der Waals surface area contributed by atoms with E-state index in [1.807, 2.05) is 59.9 Å². The van der Waals surface area contributed by atoms with Crippen molar-refractivity contribution < 1.29 is 0 Å². The van der Waals surface area contributed by atoms with E-state index in [-0.39, 0.29) is 0 Å². The Morgan fingerprint density at radius 2 is 1.00 bits per heavy atom. The number of hydrogen-bond acceptors (Lipinski definition) is 5. The first-order chi connectivity index (χ1) is 26.3. The van der Waals surface area contributed by atoms with Gasteiger partial charge in [0.1, 0.15) is 5.82 Å². The second kappa shape index (κ2) is 11.8. The summed E-state index contributed by atoms with van der Waals surface area (Å²) < 4.78 is 6.95. The van der Waals surface area contributed by atoms with Crippen LogP contribution >= 0.6 is 11.3 Å². The van der Waals surface area contributed by atoms with Crippen molar-refractivity contribution in [2.75, 3.05) is 0 Å². The third-order valence-electron chi connectivity index (χ3n) is 9.98. The van der Waals surface area contributed by atoms with Crippen LogP contribution in [0, 0.1) is 0 Å². The van der Waals surface area contributed by atoms with Crippen molar-refractivity contribution in [1.29, 1.82) is 0 Å². The second-order valence-electron chi connectivity index (χ2n) is 13.1. The fraction of sp³-hybridized carbons (Fsp3) is 0. The van der Waals surface area contributed by atoms with Gasteiger partial charge in [0, 0.05) is 48.6 Å². The lowest BCUT2D eigenvalue weighted by molar-refractivity contribution is 0.955. The number of para-hydroxylation sites is 1. The number of benzene rings is 7. The van der Waals surface area contributed by atoms with Gasteiger partial charge in [-0.05, 0) is 30.3 Å². The third-order valence-corrected chi connectivity index (χ3v) is 11.2. The fourth-order valence-corrected chi connectivity index (χ4v) is 8.81. The van der Waals surface area contributed by atoms with E-state index in [9.17, 15) is 0 Å². The van der Waals surface area contributed by atoms with Crippen molar-refractivity contribution >= 4 is 64.3 Å². The molecule has 7 aromatic carbocycles. The van der Waals surface area contributed by atoms with Crippen molar-refractivity contribution in [2.45, 2.75) is 0 Å². The van der Waals surface area contributed by atoms with Gasteiger partial charge < -0.3 is 0 Å². The normalized spacial score (nSPS) is 11.8.